The maximum absolute atomic E-state index is 8.94. The second-order valence-electron chi connectivity index (χ2n) is 4.88. The van der Waals surface area contributed by atoms with Crippen molar-refractivity contribution in [1.29, 1.82) is 0 Å². The minimum Gasteiger partial charge on any atom is -0.151 e. The summed E-state index contributed by atoms with van der Waals surface area (Å²) in [4.78, 5) is 2.95. The molecule has 0 unspecified atom stereocenters. The molecule has 6 heteroatoms. The number of halogens is 1. The van der Waals surface area contributed by atoms with Crippen LogP contribution in [0.3, 0.4) is 0 Å². The quantitative estimate of drug-likeness (QED) is 0.257. The number of nitrogens with zero attached hydrogens (tertiary/aromatic N) is 5. The molecule has 3 aromatic carbocycles. The average molecular weight is 378 g/mol. The first kappa shape index (κ1) is 15.9. The van der Waals surface area contributed by atoms with E-state index < -0.39 is 0 Å². The molecular weight excluding hydrogens is 366 g/mol. The normalized spacial score (nSPS) is 10.5. The van der Waals surface area contributed by atoms with E-state index in [-0.39, 0.29) is 0 Å². The summed E-state index contributed by atoms with van der Waals surface area (Å²) in [6.07, 6.45) is 0. The van der Waals surface area contributed by atoms with Gasteiger partial charge in [-0.1, -0.05) is 69.6 Å². The number of azide groups is 1. The predicted octanol–water partition coefficient (Wildman–Crippen LogP) is 7.47. The molecule has 0 bridgehead atoms. The van der Waals surface area contributed by atoms with E-state index in [1.165, 1.54) is 0 Å². The van der Waals surface area contributed by atoms with Gasteiger partial charge in [-0.05, 0) is 40.9 Å². The minimum atomic E-state index is 0.451. The first-order chi connectivity index (χ1) is 11.8. The third-order valence-corrected chi connectivity index (χ3v) is 4.04. The van der Waals surface area contributed by atoms with E-state index in [1.807, 2.05) is 66.7 Å². The van der Waals surface area contributed by atoms with Crippen molar-refractivity contribution in [3.63, 3.8) is 0 Å². The Balaban J connectivity index is 2.11. The van der Waals surface area contributed by atoms with Crippen molar-refractivity contribution in [2.45, 2.75) is 0 Å². The lowest BCUT2D eigenvalue weighted by atomic mass is 10.0. The molecule has 0 amide bonds. The second kappa shape index (κ2) is 7.55. The van der Waals surface area contributed by atoms with E-state index in [0.717, 1.165) is 21.3 Å². The van der Waals surface area contributed by atoms with Crippen LogP contribution in [0.2, 0.25) is 0 Å². The van der Waals surface area contributed by atoms with Crippen LogP contribution in [0.25, 0.3) is 21.6 Å². The zero-order valence-electron chi connectivity index (χ0n) is 12.5. The van der Waals surface area contributed by atoms with Crippen molar-refractivity contribution in [2.75, 3.05) is 0 Å². The fourth-order valence-electron chi connectivity index (χ4n) is 2.27. The van der Waals surface area contributed by atoms with Crippen LogP contribution in [0.4, 0.5) is 17.1 Å². The van der Waals surface area contributed by atoms with Crippen LogP contribution in [-0.4, -0.2) is 0 Å². The Labute approximate surface area is 147 Å². The maximum atomic E-state index is 8.94. The van der Waals surface area contributed by atoms with Crippen molar-refractivity contribution in [2.24, 2.45) is 15.3 Å². The molecule has 0 heterocycles. The fourth-order valence-corrected chi connectivity index (χ4v) is 2.76. The number of azo groups is 1. The van der Waals surface area contributed by atoms with Crippen LogP contribution in [0.15, 0.2) is 92.6 Å². The summed E-state index contributed by atoms with van der Waals surface area (Å²) in [5.74, 6) is 0. The van der Waals surface area contributed by atoms with Crippen molar-refractivity contribution < 1.29 is 0 Å². The lowest BCUT2D eigenvalue weighted by molar-refractivity contribution is 1.22. The highest BCUT2D eigenvalue weighted by molar-refractivity contribution is 9.10. The topological polar surface area (TPSA) is 73.5 Å². The Bertz CT molecular complexity index is 931. The molecule has 0 aliphatic heterocycles. The summed E-state index contributed by atoms with van der Waals surface area (Å²) in [6.45, 7) is 0. The highest BCUT2D eigenvalue weighted by Crippen LogP contribution is 2.41. The van der Waals surface area contributed by atoms with Crippen molar-refractivity contribution in [3.8, 4) is 11.1 Å². The van der Waals surface area contributed by atoms with E-state index in [0.29, 0.717) is 11.4 Å². The van der Waals surface area contributed by atoms with Gasteiger partial charge in [0.05, 0.1) is 17.1 Å². The summed E-state index contributed by atoms with van der Waals surface area (Å²) >= 11 is 3.53. The third kappa shape index (κ3) is 3.51. The Morgan fingerprint density at radius 1 is 0.750 bits per heavy atom. The highest BCUT2D eigenvalue weighted by atomic mass is 79.9. The molecule has 116 valence electrons. The molecule has 0 aliphatic carbocycles. The van der Waals surface area contributed by atoms with E-state index in [4.69, 9.17) is 5.53 Å². The molecule has 24 heavy (non-hydrogen) atoms. The second-order valence-corrected chi connectivity index (χ2v) is 5.73. The maximum Gasteiger partial charge on any atom is 0.0958 e. The van der Waals surface area contributed by atoms with Gasteiger partial charge < -0.3 is 0 Å². The van der Waals surface area contributed by atoms with Crippen LogP contribution in [-0.2, 0) is 0 Å². The number of benzene rings is 3. The molecule has 3 aromatic rings. The van der Waals surface area contributed by atoms with E-state index >= 15 is 0 Å². The Kier molecular flexibility index (Phi) is 5.01. The van der Waals surface area contributed by atoms with Crippen LogP contribution < -0.4 is 0 Å². The van der Waals surface area contributed by atoms with Gasteiger partial charge in [0, 0.05) is 9.38 Å². The summed E-state index contributed by atoms with van der Waals surface area (Å²) in [7, 11) is 0. The smallest absolute Gasteiger partial charge is 0.0958 e. The van der Waals surface area contributed by atoms with Crippen LogP contribution in [0, 0.1) is 0 Å². The molecule has 0 saturated carbocycles. The van der Waals surface area contributed by atoms with Gasteiger partial charge in [0.25, 0.3) is 0 Å². The molecule has 5 nitrogen and oxygen atoms in total. The summed E-state index contributed by atoms with van der Waals surface area (Å²) in [5, 5.41) is 12.3. The van der Waals surface area contributed by atoms with Gasteiger partial charge >= 0.3 is 0 Å². The standard InChI is InChI=1S/C18H12BrN5/c19-16-11-5-4-9-14(16)15-10-6-12-17(18(15)23-24-20)22-21-13-7-2-1-3-8-13/h1-12H. The van der Waals surface area contributed by atoms with E-state index in [1.54, 1.807) is 6.07 Å². The van der Waals surface area contributed by atoms with Gasteiger partial charge in [-0.15, -0.1) is 0 Å². The Hall–Kier alpha value is -2.95. The monoisotopic (exact) mass is 377 g/mol. The lowest BCUT2D eigenvalue weighted by Crippen LogP contribution is -1.81. The molecule has 0 spiro atoms. The molecule has 0 saturated heterocycles. The Morgan fingerprint density at radius 2 is 1.46 bits per heavy atom. The van der Waals surface area contributed by atoms with Gasteiger partial charge in [0.1, 0.15) is 0 Å². The first-order valence-corrected chi connectivity index (χ1v) is 7.98. The number of hydrogen-bond acceptors (Lipinski definition) is 3. The molecule has 0 fully saturated rings. The van der Waals surface area contributed by atoms with Crippen molar-refractivity contribution >= 4 is 33.0 Å². The third-order valence-electron chi connectivity index (χ3n) is 3.35. The number of hydrogen-bond donors (Lipinski definition) is 0. The van der Waals surface area contributed by atoms with Gasteiger partial charge in [0.2, 0.25) is 0 Å². The molecule has 0 radical (unpaired) electrons. The van der Waals surface area contributed by atoms with Crippen molar-refractivity contribution in [1.82, 2.24) is 0 Å². The zero-order valence-corrected chi connectivity index (χ0v) is 14.1. The van der Waals surface area contributed by atoms with E-state index in [2.05, 4.69) is 36.2 Å². The SMILES string of the molecule is [N-]=[N+]=Nc1c(N=Nc2ccccc2)cccc1-c1ccccc1Br. The minimum absolute atomic E-state index is 0.451. The van der Waals surface area contributed by atoms with Gasteiger partial charge in [-0.25, -0.2) is 0 Å². The molecular formula is C18H12BrN5. The largest absolute Gasteiger partial charge is 0.151 e. The lowest BCUT2D eigenvalue weighted by Gasteiger charge is -2.09. The zero-order chi connectivity index (χ0) is 16.8. The Morgan fingerprint density at radius 3 is 2.21 bits per heavy atom. The molecule has 0 aromatic heterocycles. The van der Waals surface area contributed by atoms with Crippen molar-refractivity contribution in [3.05, 3.63) is 87.7 Å². The van der Waals surface area contributed by atoms with Crippen LogP contribution in [0.1, 0.15) is 0 Å². The number of rotatable bonds is 4. The molecule has 3 rings (SSSR count). The molecule has 0 N–H and O–H groups in total. The summed E-state index contributed by atoms with van der Waals surface area (Å²) < 4.78 is 0.913. The van der Waals surface area contributed by atoms with Gasteiger partial charge in [-0.2, -0.15) is 10.2 Å². The van der Waals surface area contributed by atoms with E-state index in [9.17, 15) is 0 Å². The molecule has 0 atom stereocenters. The van der Waals surface area contributed by atoms with Crippen LogP contribution in [0.5, 0.6) is 0 Å². The average Bonchev–Trinajstić information content (AvgIpc) is 2.62. The molecule has 0 aliphatic rings. The van der Waals surface area contributed by atoms with Gasteiger partial charge in [-0.3, -0.25) is 0 Å². The van der Waals surface area contributed by atoms with Crippen LogP contribution >= 0.6 is 15.9 Å². The van der Waals surface area contributed by atoms with Gasteiger partial charge in [0.15, 0.2) is 0 Å². The summed E-state index contributed by atoms with van der Waals surface area (Å²) in [5.41, 5.74) is 12.4. The highest BCUT2D eigenvalue weighted by Gasteiger charge is 2.11. The fraction of sp³-hybridized carbons (Fsp3) is 0. The predicted molar refractivity (Wildman–Crippen MR) is 99.0 cm³/mol. The summed E-state index contributed by atoms with van der Waals surface area (Å²) in [6, 6.07) is 22.7. The first-order valence-electron chi connectivity index (χ1n) is 7.19.